The van der Waals surface area contributed by atoms with Gasteiger partial charge in [0.15, 0.2) is 0 Å². The molecule has 0 N–H and O–H groups in total. The van der Waals surface area contributed by atoms with Gasteiger partial charge in [-0.3, -0.25) is 0 Å². The van der Waals surface area contributed by atoms with Gasteiger partial charge in [0.2, 0.25) is 0 Å². The van der Waals surface area contributed by atoms with Gasteiger partial charge in [0.1, 0.15) is 0 Å². The minimum Gasteiger partial charge on any atom is -0.0882 e. The average molecular weight is 187 g/mol. The highest BCUT2D eigenvalue weighted by atomic mass is 13.9. The van der Waals surface area contributed by atoms with Crippen LogP contribution in [0.2, 0.25) is 0 Å². The summed E-state index contributed by atoms with van der Waals surface area (Å²) < 4.78 is 0. The van der Waals surface area contributed by atoms with Gasteiger partial charge in [-0.1, -0.05) is 48.6 Å². The summed E-state index contributed by atoms with van der Waals surface area (Å²) in [5.74, 6) is 0. The van der Waals surface area contributed by atoms with Crippen molar-refractivity contribution in [1.29, 1.82) is 0 Å². The zero-order valence-electron chi connectivity index (χ0n) is 8.73. The SMILES string of the molecule is [CH]1C\C=C/C=C/C=C\C/C=C\CCC1. The van der Waals surface area contributed by atoms with E-state index in [0.29, 0.717) is 0 Å². The topological polar surface area (TPSA) is 0 Å². The average Bonchev–Trinajstić information content (AvgIpc) is 2.22. The Hall–Kier alpha value is -1.04. The second kappa shape index (κ2) is 8.55. The first-order valence-electron chi connectivity index (χ1n) is 5.45. The Morgan fingerprint density at radius 2 is 1.36 bits per heavy atom. The smallest absolute Gasteiger partial charge is 0.0166 e. The molecule has 1 aliphatic carbocycles. The Labute approximate surface area is 87.7 Å². The molecule has 0 spiro atoms. The van der Waals surface area contributed by atoms with E-state index in [1.165, 1.54) is 19.3 Å². The molecular weight excluding hydrogens is 168 g/mol. The fourth-order valence-corrected chi connectivity index (χ4v) is 1.33. The molecule has 0 heterocycles. The normalized spacial score (nSPS) is 28.6. The minimum atomic E-state index is 1.05. The Morgan fingerprint density at radius 1 is 0.571 bits per heavy atom. The van der Waals surface area contributed by atoms with E-state index in [2.05, 4.69) is 55.0 Å². The molecule has 75 valence electrons. The lowest BCUT2D eigenvalue weighted by molar-refractivity contribution is 0.810. The molecule has 0 aromatic carbocycles. The second-order valence-electron chi connectivity index (χ2n) is 3.40. The summed E-state index contributed by atoms with van der Waals surface area (Å²) >= 11 is 0. The van der Waals surface area contributed by atoms with Crippen molar-refractivity contribution < 1.29 is 0 Å². The van der Waals surface area contributed by atoms with Gasteiger partial charge in [0.25, 0.3) is 0 Å². The van der Waals surface area contributed by atoms with Crippen molar-refractivity contribution in [3.05, 3.63) is 55.0 Å². The van der Waals surface area contributed by atoms with Crippen molar-refractivity contribution in [2.75, 3.05) is 0 Å². The molecule has 0 heteroatoms. The molecule has 0 nitrogen and oxygen atoms in total. The van der Waals surface area contributed by atoms with E-state index < -0.39 is 0 Å². The maximum absolute atomic E-state index is 2.35. The molecule has 1 radical (unpaired) electrons. The van der Waals surface area contributed by atoms with E-state index >= 15 is 0 Å². The Balaban J connectivity index is 2.36. The second-order valence-corrected chi connectivity index (χ2v) is 3.40. The molecule has 0 atom stereocenters. The first kappa shape index (κ1) is 11.0. The van der Waals surface area contributed by atoms with E-state index in [9.17, 15) is 0 Å². The summed E-state index contributed by atoms with van der Waals surface area (Å²) in [6.45, 7) is 0. The van der Waals surface area contributed by atoms with Gasteiger partial charge in [0, 0.05) is 0 Å². The summed E-state index contributed by atoms with van der Waals surface area (Å²) in [7, 11) is 0. The lowest BCUT2D eigenvalue weighted by Crippen LogP contribution is -1.76. The molecule has 14 heavy (non-hydrogen) atoms. The summed E-state index contributed by atoms with van der Waals surface area (Å²) in [4.78, 5) is 0. The van der Waals surface area contributed by atoms with Crippen molar-refractivity contribution >= 4 is 0 Å². The molecule has 0 aromatic heterocycles. The van der Waals surface area contributed by atoms with Gasteiger partial charge in [-0.25, -0.2) is 0 Å². The van der Waals surface area contributed by atoms with E-state index in [1.54, 1.807) is 0 Å². The third-order valence-corrected chi connectivity index (χ3v) is 2.13. The van der Waals surface area contributed by atoms with Crippen LogP contribution in [0.25, 0.3) is 0 Å². The van der Waals surface area contributed by atoms with E-state index in [0.717, 1.165) is 12.8 Å². The lowest BCUT2D eigenvalue weighted by atomic mass is 10.1. The van der Waals surface area contributed by atoms with Crippen LogP contribution in [0.1, 0.15) is 32.1 Å². The molecular formula is C14H19. The molecule has 0 saturated heterocycles. The van der Waals surface area contributed by atoms with Gasteiger partial charge in [-0.15, -0.1) is 0 Å². The molecule has 1 rings (SSSR count). The van der Waals surface area contributed by atoms with Crippen molar-refractivity contribution in [2.24, 2.45) is 0 Å². The molecule has 0 aromatic rings. The summed E-state index contributed by atoms with van der Waals surface area (Å²) in [5.41, 5.74) is 0. The summed E-state index contributed by atoms with van der Waals surface area (Å²) in [6, 6.07) is 0. The van der Waals surface area contributed by atoms with Crippen LogP contribution >= 0.6 is 0 Å². The third-order valence-electron chi connectivity index (χ3n) is 2.13. The van der Waals surface area contributed by atoms with E-state index in [-0.39, 0.29) is 0 Å². The molecule has 0 amide bonds. The van der Waals surface area contributed by atoms with Crippen molar-refractivity contribution in [3.8, 4) is 0 Å². The molecule has 1 aliphatic rings. The Morgan fingerprint density at radius 3 is 2.21 bits per heavy atom. The van der Waals surface area contributed by atoms with Crippen LogP contribution in [0.4, 0.5) is 0 Å². The van der Waals surface area contributed by atoms with Gasteiger partial charge < -0.3 is 0 Å². The highest BCUT2D eigenvalue weighted by molar-refractivity contribution is 5.12. The maximum atomic E-state index is 2.35. The van der Waals surface area contributed by atoms with Crippen molar-refractivity contribution in [1.82, 2.24) is 0 Å². The van der Waals surface area contributed by atoms with Crippen LogP contribution in [0.3, 0.4) is 0 Å². The summed E-state index contributed by atoms with van der Waals surface area (Å²) in [6.07, 6.45) is 25.5. The quantitative estimate of drug-likeness (QED) is 0.494. The zero-order chi connectivity index (χ0) is 9.90. The van der Waals surface area contributed by atoms with Gasteiger partial charge >= 0.3 is 0 Å². The Bertz CT molecular complexity index is 228. The fourth-order valence-electron chi connectivity index (χ4n) is 1.33. The van der Waals surface area contributed by atoms with E-state index in [1.807, 2.05) is 0 Å². The molecule has 0 aliphatic heterocycles. The van der Waals surface area contributed by atoms with Gasteiger partial charge in [0.05, 0.1) is 0 Å². The van der Waals surface area contributed by atoms with Crippen LogP contribution in [0.15, 0.2) is 48.6 Å². The number of hydrogen-bond acceptors (Lipinski definition) is 0. The number of allylic oxidation sites excluding steroid dienone is 8. The predicted octanol–water partition coefficient (Wildman–Crippen LogP) is 4.38. The third kappa shape index (κ3) is 6.47. The molecule has 0 fully saturated rings. The van der Waals surface area contributed by atoms with Crippen LogP contribution in [-0.4, -0.2) is 0 Å². The number of hydrogen-bond donors (Lipinski definition) is 0. The van der Waals surface area contributed by atoms with Crippen LogP contribution < -0.4 is 0 Å². The Kier molecular flexibility index (Phi) is 6.74. The zero-order valence-corrected chi connectivity index (χ0v) is 8.73. The first-order chi connectivity index (χ1) is 7.00. The van der Waals surface area contributed by atoms with Crippen molar-refractivity contribution in [2.45, 2.75) is 32.1 Å². The van der Waals surface area contributed by atoms with Crippen LogP contribution in [0.5, 0.6) is 0 Å². The standard InChI is InChI=1S/C14H19/c1-2-4-6-8-10-12-14-13-11-9-7-5-3-1/h1-6,9-11H,7-8,12-14H2/b2-1+,5-3-,6-4-,11-9-. The maximum Gasteiger partial charge on any atom is -0.0166 e. The van der Waals surface area contributed by atoms with Crippen LogP contribution in [0, 0.1) is 6.42 Å². The molecule has 0 bridgehead atoms. The first-order valence-corrected chi connectivity index (χ1v) is 5.45. The highest BCUT2D eigenvalue weighted by Gasteiger charge is 1.85. The monoisotopic (exact) mass is 187 g/mol. The fraction of sp³-hybridized carbons (Fsp3) is 0.357. The highest BCUT2D eigenvalue weighted by Crippen LogP contribution is 2.04. The number of rotatable bonds is 0. The van der Waals surface area contributed by atoms with Gasteiger partial charge in [-0.05, 0) is 38.5 Å². The summed E-state index contributed by atoms with van der Waals surface area (Å²) in [5, 5.41) is 0. The van der Waals surface area contributed by atoms with Crippen molar-refractivity contribution in [3.63, 3.8) is 0 Å². The molecule has 0 saturated carbocycles. The lowest BCUT2D eigenvalue weighted by Gasteiger charge is -1.94. The van der Waals surface area contributed by atoms with Gasteiger partial charge in [-0.2, -0.15) is 0 Å². The largest absolute Gasteiger partial charge is 0.0882 e. The van der Waals surface area contributed by atoms with E-state index in [4.69, 9.17) is 0 Å². The van der Waals surface area contributed by atoms with Crippen LogP contribution in [-0.2, 0) is 0 Å². The molecule has 0 unspecified atom stereocenters. The minimum absolute atomic E-state index is 1.05. The predicted molar refractivity (Wildman–Crippen MR) is 63.9 cm³/mol.